The second-order valence-electron chi connectivity index (χ2n) is 3.52. The van der Waals surface area contributed by atoms with Gasteiger partial charge in [-0.3, -0.25) is 4.98 Å². The summed E-state index contributed by atoms with van der Waals surface area (Å²) in [5, 5.41) is 0. The van der Waals surface area contributed by atoms with Gasteiger partial charge in [-0.2, -0.15) is 0 Å². The number of ether oxygens (including phenoxy) is 1. The van der Waals surface area contributed by atoms with Crippen LogP contribution in [0.25, 0.3) is 0 Å². The number of hydrogen-bond acceptors (Lipinski definition) is 2. The maximum Gasteiger partial charge on any atom is 0.122 e. The van der Waals surface area contributed by atoms with E-state index in [1.165, 1.54) is 0 Å². The standard InChI is InChI=1S/C13H12BrNO/c1-10-4-2-3-5-13(10)16-9-11-6-7-15-8-12(11)14/h2-8H,9H2,1H3. The van der Waals surface area contributed by atoms with Crippen molar-refractivity contribution >= 4 is 15.9 Å². The highest BCUT2D eigenvalue weighted by atomic mass is 79.9. The zero-order chi connectivity index (χ0) is 11.4. The summed E-state index contributed by atoms with van der Waals surface area (Å²) in [6.07, 6.45) is 3.54. The van der Waals surface area contributed by atoms with Gasteiger partial charge in [0.05, 0.1) is 0 Å². The topological polar surface area (TPSA) is 22.1 Å². The first-order valence-electron chi connectivity index (χ1n) is 5.04. The van der Waals surface area contributed by atoms with Crippen molar-refractivity contribution in [2.45, 2.75) is 13.5 Å². The third kappa shape index (κ3) is 2.61. The minimum absolute atomic E-state index is 0.550. The number of halogens is 1. The van der Waals surface area contributed by atoms with Crippen molar-refractivity contribution < 1.29 is 4.74 Å². The lowest BCUT2D eigenvalue weighted by Crippen LogP contribution is -1.97. The van der Waals surface area contributed by atoms with Gasteiger partial charge in [0.25, 0.3) is 0 Å². The zero-order valence-corrected chi connectivity index (χ0v) is 10.6. The third-order valence-corrected chi connectivity index (χ3v) is 3.05. The highest BCUT2D eigenvalue weighted by molar-refractivity contribution is 9.10. The molecule has 1 heterocycles. The van der Waals surface area contributed by atoms with Crippen molar-refractivity contribution in [3.8, 4) is 5.75 Å². The summed E-state index contributed by atoms with van der Waals surface area (Å²) in [5.41, 5.74) is 2.24. The molecule has 0 saturated carbocycles. The van der Waals surface area contributed by atoms with E-state index in [0.717, 1.165) is 21.3 Å². The highest BCUT2D eigenvalue weighted by Gasteiger charge is 2.01. The molecule has 82 valence electrons. The molecular weight excluding hydrogens is 266 g/mol. The summed E-state index contributed by atoms with van der Waals surface area (Å²) in [6.45, 7) is 2.59. The molecule has 0 saturated heterocycles. The molecule has 1 aromatic heterocycles. The summed E-state index contributed by atoms with van der Waals surface area (Å²) < 4.78 is 6.72. The lowest BCUT2D eigenvalue weighted by Gasteiger charge is -2.09. The van der Waals surface area contributed by atoms with Crippen LogP contribution >= 0.6 is 15.9 Å². The average molecular weight is 278 g/mol. The van der Waals surface area contributed by atoms with E-state index in [2.05, 4.69) is 20.9 Å². The van der Waals surface area contributed by atoms with Crippen molar-refractivity contribution in [1.82, 2.24) is 4.98 Å². The van der Waals surface area contributed by atoms with Crippen molar-refractivity contribution in [3.63, 3.8) is 0 Å². The summed E-state index contributed by atoms with van der Waals surface area (Å²) in [7, 11) is 0. The van der Waals surface area contributed by atoms with Gasteiger partial charge in [0.1, 0.15) is 12.4 Å². The minimum atomic E-state index is 0.550. The van der Waals surface area contributed by atoms with E-state index >= 15 is 0 Å². The van der Waals surface area contributed by atoms with Crippen molar-refractivity contribution in [3.05, 3.63) is 58.3 Å². The van der Waals surface area contributed by atoms with Crippen LogP contribution in [-0.2, 0) is 6.61 Å². The molecule has 2 rings (SSSR count). The molecule has 0 aliphatic rings. The molecule has 16 heavy (non-hydrogen) atoms. The molecule has 0 aliphatic carbocycles. The van der Waals surface area contributed by atoms with Gasteiger partial charge in [-0.15, -0.1) is 0 Å². The zero-order valence-electron chi connectivity index (χ0n) is 8.98. The third-order valence-electron chi connectivity index (χ3n) is 2.33. The fourth-order valence-corrected chi connectivity index (χ4v) is 1.76. The van der Waals surface area contributed by atoms with Crippen LogP contribution in [0.1, 0.15) is 11.1 Å². The molecule has 0 N–H and O–H groups in total. The molecule has 0 unspecified atom stereocenters. The number of aromatic nitrogens is 1. The number of para-hydroxylation sites is 1. The van der Waals surface area contributed by atoms with Crippen LogP contribution < -0.4 is 4.74 Å². The molecule has 0 radical (unpaired) electrons. The highest BCUT2D eigenvalue weighted by Crippen LogP contribution is 2.20. The quantitative estimate of drug-likeness (QED) is 0.853. The van der Waals surface area contributed by atoms with Gasteiger partial charge in [-0.25, -0.2) is 0 Å². The van der Waals surface area contributed by atoms with Gasteiger partial charge in [0.2, 0.25) is 0 Å². The maximum atomic E-state index is 5.75. The van der Waals surface area contributed by atoms with E-state index in [1.54, 1.807) is 12.4 Å². The summed E-state index contributed by atoms with van der Waals surface area (Å²) in [6, 6.07) is 9.94. The van der Waals surface area contributed by atoms with E-state index in [-0.39, 0.29) is 0 Å². The Morgan fingerprint density at radius 2 is 2.06 bits per heavy atom. The summed E-state index contributed by atoms with van der Waals surface area (Å²) in [4.78, 5) is 4.02. The largest absolute Gasteiger partial charge is 0.489 e. The molecular formula is C13H12BrNO. The number of nitrogens with zero attached hydrogens (tertiary/aromatic N) is 1. The van der Waals surface area contributed by atoms with Gasteiger partial charge >= 0.3 is 0 Å². The monoisotopic (exact) mass is 277 g/mol. The molecule has 3 heteroatoms. The number of hydrogen-bond donors (Lipinski definition) is 0. The van der Waals surface area contributed by atoms with E-state index in [9.17, 15) is 0 Å². The minimum Gasteiger partial charge on any atom is -0.489 e. The Bertz CT molecular complexity index is 439. The fourth-order valence-electron chi connectivity index (χ4n) is 1.39. The first kappa shape index (κ1) is 11.1. The molecule has 0 bridgehead atoms. The Kier molecular flexibility index (Phi) is 3.57. The lowest BCUT2D eigenvalue weighted by atomic mass is 10.2. The SMILES string of the molecule is Cc1ccccc1OCc1ccncc1Br. The van der Waals surface area contributed by atoms with Gasteiger partial charge in [-0.1, -0.05) is 18.2 Å². The van der Waals surface area contributed by atoms with Crippen molar-refractivity contribution in [2.75, 3.05) is 0 Å². The first-order valence-corrected chi connectivity index (χ1v) is 5.83. The molecule has 0 spiro atoms. The number of benzene rings is 1. The Hall–Kier alpha value is -1.35. The van der Waals surface area contributed by atoms with Gasteiger partial charge in [0, 0.05) is 22.4 Å². The second-order valence-corrected chi connectivity index (χ2v) is 4.38. The van der Waals surface area contributed by atoms with Crippen LogP contribution in [0.2, 0.25) is 0 Å². The molecule has 0 amide bonds. The number of rotatable bonds is 3. The van der Waals surface area contributed by atoms with E-state index < -0.39 is 0 Å². The maximum absolute atomic E-state index is 5.75. The number of pyridine rings is 1. The number of aryl methyl sites for hydroxylation is 1. The second kappa shape index (κ2) is 5.12. The van der Waals surface area contributed by atoms with Gasteiger partial charge < -0.3 is 4.74 Å². The predicted octanol–water partition coefficient (Wildman–Crippen LogP) is 3.73. The van der Waals surface area contributed by atoms with Crippen LogP contribution in [0.15, 0.2) is 47.2 Å². The van der Waals surface area contributed by atoms with E-state index in [1.807, 2.05) is 37.3 Å². The van der Waals surface area contributed by atoms with Crippen LogP contribution in [-0.4, -0.2) is 4.98 Å². The molecule has 0 atom stereocenters. The Labute approximate surface area is 103 Å². The molecule has 0 aliphatic heterocycles. The van der Waals surface area contributed by atoms with Crippen LogP contribution in [0.4, 0.5) is 0 Å². The van der Waals surface area contributed by atoms with Crippen LogP contribution in [0.5, 0.6) is 5.75 Å². The molecule has 2 aromatic rings. The average Bonchev–Trinajstić information content (AvgIpc) is 2.30. The molecule has 0 fully saturated rings. The van der Waals surface area contributed by atoms with Gasteiger partial charge in [-0.05, 0) is 40.5 Å². The Balaban J connectivity index is 2.09. The lowest BCUT2D eigenvalue weighted by molar-refractivity contribution is 0.303. The summed E-state index contributed by atoms with van der Waals surface area (Å²) in [5.74, 6) is 0.922. The predicted molar refractivity (Wildman–Crippen MR) is 67.4 cm³/mol. The fraction of sp³-hybridized carbons (Fsp3) is 0.154. The first-order chi connectivity index (χ1) is 7.77. The normalized spacial score (nSPS) is 10.1. The smallest absolute Gasteiger partial charge is 0.122 e. The van der Waals surface area contributed by atoms with Crippen LogP contribution in [0.3, 0.4) is 0 Å². The van der Waals surface area contributed by atoms with Crippen LogP contribution in [0, 0.1) is 6.92 Å². The molecule has 1 aromatic carbocycles. The molecule has 2 nitrogen and oxygen atoms in total. The van der Waals surface area contributed by atoms with E-state index in [0.29, 0.717) is 6.61 Å². The van der Waals surface area contributed by atoms with Crippen molar-refractivity contribution in [2.24, 2.45) is 0 Å². The van der Waals surface area contributed by atoms with E-state index in [4.69, 9.17) is 4.74 Å². The van der Waals surface area contributed by atoms with Crippen molar-refractivity contribution in [1.29, 1.82) is 0 Å². The Morgan fingerprint density at radius 1 is 1.25 bits per heavy atom. The summed E-state index contributed by atoms with van der Waals surface area (Å²) >= 11 is 3.45. The Morgan fingerprint density at radius 3 is 2.81 bits per heavy atom. The van der Waals surface area contributed by atoms with Gasteiger partial charge in [0.15, 0.2) is 0 Å².